The third-order valence-corrected chi connectivity index (χ3v) is 5.53. The molecule has 0 atom stereocenters. The van der Waals surface area contributed by atoms with Crippen molar-refractivity contribution in [2.75, 3.05) is 0 Å². The zero-order valence-electron chi connectivity index (χ0n) is 10.8. The van der Waals surface area contributed by atoms with E-state index in [1.807, 2.05) is 6.20 Å². The number of rotatable bonds is 2. The van der Waals surface area contributed by atoms with Gasteiger partial charge < -0.3 is 5.73 Å². The molecule has 0 aliphatic heterocycles. The van der Waals surface area contributed by atoms with E-state index >= 15 is 0 Å². The minimum Gasteiger partial charge on any atom is -0.326 e. The van der Waals surface area contributed by atoms with Crippen LogP contribution in [-0.4, -0.2) is 10.2 Å². The lowest BCUT2D eigenvalue weighted by molar-refractivity contribution is -0.00764. The minimum absolute atomic E-state index is 0.354. The molecule has 3 nitrogen and oxygen atoms in total. The van der Waals surface area contributed by atoms with Crippen molar-refractivity contribution in [3.8, 4) is 0 Å². The van der Waals surface area contributed by atoms with Gasteiger partial charge in [0.25, 0.3) is 0 Å². The molecule has 4 saturated carbocycles. The summed E-state index contributed by atoms with van der Waals surface area (Å²) >= 11 is 0. The Kier molecular flexibility index (Phi) is 2.28. The Hall–Kier alpha value is -0.960. The number of hydrogen-bond donors (Lipinski definition) is 1. The van der Waals surface area contributed by atoms with Crippen molar-refractivity contribution in [3.63, 3.8) is 0 Å². The number of aromatic nitrogens is 2. The summed E-state index contributed by atoms with van der Waals surface area (Å²) in [5, 5.41) is 8.65. The normalized spacial score (nSPS) is 41.3. The van der Waals surface area contributed by atoms with Gasteiger partial charge in [0.2, 0.25) is 0 Å². The van der Waals surface area contributed by atoms with E-state index in [1.54, 1.807) is 0 Å². The van der Waals surface area contributed by atoms with Gasteiger partial charge >= 0.3 is 0 Å². The van der Waals surface area contributed by atoms with Crippen LogP contribution in [-0.2, 0) is 12.0 Å². The van der Waals surface area contributed by atoms with Gasteiger partial charge in [-0.1, -0.05) is 0 Å². The molecule has 0 aromatic carbocycles. The molecule has 0 saturated heterocycles. The van der Waals surface area contributed by atoms with E-state index < -0.39 is 0 Å². The fourth-order valence-corrected chi connectivity index (χ4v) is 5.20. The van der Waals surface area contributed by atoms with Crippen LogP contribution in [0, 0.1) is 17.8 Å². The van der Waals surface area contributed by atoms with Crippen molar-refractivity contribution in [2.45, 2.75) is 50.5 Å². The van der Waals surface area contributed by atoms with Gasteiger partial charge in [-0.15, -0.1) is 0 Å². The maximum atomic E-state index is 5.74. The van der Waals surface area contributed by atoms with E-state index in [-0.39, 0.29) is 0 Å². The van der Waals surface area contributed by atoms with Crippen LogP contribution in [0.15, 0.2) is 12.3 Å². The van der Waals surface area contributed by atoms with Crippen molar-refractivity contribution in [2.24, 2.45) is 23.5 Å². The molecule has 4 aliphatic carbocycles. The minimum atomic E-state index is 0.354. The van der Waals surface area contributed by atoms with Crippen LogP contribution in [0.2, 0.25) is 0 Å². The highest BCUT2D eigenvalue weighted by Crippen LogP contribution is 2.60. The highest BCUT2D eigenvalue weighted by molar-refractivity contribution is 5.25. The summed E-state index contributed by atoms with van der Waals surface area (Å²) in [6.45, 7) is 0.578. The average Bonchev–Trinajstić information content (AvgIpc) is 2.37. The summed E-state index contributed by atoms with van der Waals surface area (Å²) < 4.78 is 0. The standard InChI is InChI=1S/C15H21N3/c16-8-13-4-14(18-17-9-13)15-5-10-1-11(6-15)3-12(2-10)7-15/h4,9-12H,1-3,5-8,16H2. The van der Waals surface area contributed by atoms with Crippen molar-refractivity contribution < 1.29 is 0 Å². The number of nitrogens with zero attached hydrogens (tertiary/aromatic N) is 2. The molecule has 0 amide bonds. The van der Waals surface area contributed by atoms with E-state index in [4.69, 9.17) is 5.73 Å². The Balaban J connectivity index is 1.74. The summed E-state index contributed by atoms with van der Waals surface area (Å²) in [4.78, 5) is 0. The molecular weight excluding hydrogens is 222 g/mol. The summed E-state index contributed by atoms with van der Waals surface area (Å²) in [5.41, 5.74) is 8.47. The van der Waals surface area contributed by atoms with Crippen molar-refractivity contribution in [3.05, 3.63) is 23.5 Å². The maximum absolute atomic E-state index is 5.74. The van der Waals surface area contributed by atoms with Gasteiger partial charge in [-0.25, -0.2) is 0 Å². The first kappa shape index (κ1) is 10.9. The molecule has 3 heteroatoms. The lowest BCUT2D eigenvalue weighted by atomic mass is 9.49. The molecular formula is C15H21N3. The van der Waals surface area contributed by atoms with Gasteiger partial charge in [-0.3, -0.25) is 0 Å². The van der Waals surface area contributed by atoms with Gasteiger partial charge in [0, 0.05) is 12.0 Å². The highest BCUT2D eigenvalue weighted by Gasteiger charge is 2.52. The largest absolute Gasteiger partial charge is 0.326 e. The molecule has 18 heavy (non-hydrogen) atoms. The third-order valence-electron chi connectivity index (χ3n) is 5.53. The fourth-order valence-electron chi connectivity index (χ4n) is 5.20. The van der Waals surface area contributed by atoms with Gasteiger partial charge in [0.05, 0.1) is 11.9 Å². The summed E-state index contributed by atoms with van der Waals surface area (Å²) in [7, 11) is 0. The van der Waals surface area contributed by atoms with Gasteiger partial charge in [-0.05, 0) is 67.9 Å². The molecule has 0 unspecified atom stereocenters. The highest BCUT2D eigenvalue weighted by atomic mass is 15.1. The predicted molar refractivity (Wildman–Crippen MR) is 69.8 cm³/mol. The molecule has 5 rings (SSSR count). The fraction of sp³-hybridized carbons (Fsp3) is 0.733. The number of nitrogens with two attached hydrogens (primary N) is 1. The van der Waals surface area contributed by atoms with Crippen LogP contribution in [0.25, 0.3) is 0 Å². The molecule has 4 aliphatic rings. The van der Waals surface area contributed by atoms with Crippen LogP contribution < -0.4 is 5.73 Å². The molecule has 1 heterocycles. The van der Waals surface area contributed by atoms with Crippen molar-refractivity contribution in [1.29, 1.82) is 0 Å². The molecule has 1 aromatic heterocycles. The molecule has 0 spiro atoms. The SMILES string of the molecule is NCc1cnnc(C23CC4CC(CC(C4)C2)C3)c1. The Morgan fingerprint density at radius 1 is 1.11 bits per heavy atom. The molecule has 96 valence electrons. The lowest BCUT2D eigenvalue weighted by Gasteiger charge is -2.56. The molecule has 4 bridgehead atoms. The van der Waals surface area contributed by atoms with Crippen molar-refractivity contribution >= 4 is 0 Å². The van der Waals surface area contributed by atoms with Crippen LogP contribution in [0.1, 0.15) is 49.8 Å². The molecule has 4 fully saturated rings. The molecule has 2 N–H and O–H groups in total. The van der Waals surface area contributed by atoms with Crippen LogP contribution in [0.4, 0.5) is 0 Å². The van der Waals surface area contributed by atoms with Crippen LogP contribution in [0.5, 0.6) is 0 Å². The first-order valence-electron chi connectivity index (χ1n) is 7.29. The zero-order chi connectivity index (χ0) is 12.2. The van der Waals surface area contributed by atoms with Crippen LogP contribution >= 0.6 is 0 Å². The maximum Gasteiger partial charge on any atom is 0.0696 e. The summed E-state index contributed by atoms with van der Waals surface area (Å²) in [6, 6.07) is 2.22. The van der Waals surface area contributed by atoms with Crippen molar-refractivity contribution in [1.82, 2.24) is 10.2 Å². The third kappa shape index (κ3) is 1.53. The smallest absolute Gasteiger partial charge is 0.0696 e. The summed E-state index contributed by atoms with van der Waals surface area (Å²) in [5.74, 6) is 2.87. The van der Waals surface area contributed by atoms with Gasteiger partial charge in [0.1, 0.15) is 0 Å². The number of hydrogen-bond acceptors (Lipinski definition) is 3. The van der Waals surface area contributed by atoms with Gasteiger partial charge in [-0.2, -0.15) is 10.2 Å². The first-order valence-corrected chi connectivity index (χ1v) is 7.29. The Morgan fingerprint density at radius 2 is 1.72 bits per heavy atom. The average molecular weight is 243 g/mol. The molecule has 1 aromatic rings. The quantitative estimate of drug-likeness (QED) is 0.867. The first-order chi connectivity index (χ1) is 8.77. The Bertz CT molecular complexity index is 433. The van der Waals surface area contributed by atoms with E-state index in [0.29, 0.717) is 12.0 Å². The van der Waals surface area contributed by atoms with E-state index in [9.17, 15) is 0 Å². The second kappa shape index (κ2) is 3.77. The molecule has 0 radical (unpaired) electrons. The summed E-state index contributed by atoms with van der Waals surface area (Å²) in [6.07, 6.45) is 10.3. The topological polar surface area (TPSA) is 51.8 Å². The van der Waals surface area contributed by atoms with Gasteiger partial charge in [0.15, 0.2) is 0 Å². The monoisotopic (exact) mass is 243 g/mol. The van der Waals surface area contributed by atoms with Crippen LogP contribution in [0.3, 0.4) is 0 Å². The van der Waals surface area contributed by atoms with E-state index in [2.05, 4.69) is 16.3 Å². The second-order valence-electron chi connectivity index (χ2n) is 6.85. The Labute approximate surface area is 108 Å². The lowest BCUT2D eigenvalue weighted by Crippen LogP contribution is -2.49. The van der Waals surface area contributed by atoms with E-state index in [0.717, 1.165) is 23.3 Å². The zero-order valence-corrected chi connectivity index (χ0v) is 10.8. The Morgan fingerprint density at radius 3 is 2.28 bits per heavy atom. The predicted octanol–water partition coefficient (Wildman–Crippen LogP) is 2.40. The van der Waals surface area contributed by atoms with E-state index in [1.165, 1.54) is 44.2 Å². The second-order valence-corrected chi connectivity index (χ2v) is 6.85.